The largest absolute Gasteiger partial charge is 0.474 e. The van der Waals surface area contributed by atoms with Crippen molar-refractivity contribution >= 4 is 28.0 Å². The number of aromatic carboxylic acids is 1. The van der Waals surface area contributed by atoms with Crippen LogP contribution in [0.25, 0.3) is 0 Å². The van der Waals surface area contributed by atoms with Gasteiger partial charge in [-0.05, 0) is 17.2 Å². The number of benzene rings is 1. The molecule has 0 saturated carbocycles. The van der Waals surface area contributed by atoms with Gasteiger partial charge in [-0.1, -0.05) is 30.3 Å². The Hall–Kier alpha value is -1.60. The van der Waals surface area contributed by atoms with Gasteiger partial charge in [-0.3, -0.25) is 0 Å². The minimum Gasteiger partial charge on any atom is -0.474 e. The van der Waals surface area contributed by atoms with Crippen LogP contribution >= 0.6 is 22.1 Å². The Bertz CT molecular complexity index is 655. The van der Waals surface area contributed by atoms with Gasteiger partial charge in [0.05, 0.1) is 0 Å². The lowest BCUT2D eigenvalue weighted by Gasteiger charge is -2.01. The molecule has 1 heterocycles. The summed E-state index contributed by atoms with van der Waals surface area (Å²) in [7, 11) is -1.34. The number of carboxylic acid groups (broad SMARTS) is 1. The number of thiazole rings is 1. The van der Waals surface area contributed by atoms with Crippen LogP contribution in [-0.4, -0.2) is 16.1 Å². The Labute approximate surface area is 126 Å². The summed E-state index contributed by atoms with van der Waals surface area (Å²) in [5.74, 6) is -1.44. The van der Waals surface area contributed by atoms with E-state index in [4.69, 9.17) is 16.7 Å². The van der Waals surface area contributed by atoms with Crippen molar-refractivity contribution < 1.29 is 23.1 Å². The first-order valence-electron chi connectivity index (χ1n) is 5.84. The SMILES string of the molecule is O=C(O)c1c(C(F)(F)F)nc(Cl)[s+]1CCc1ccccc1. The van der Waals surface area contributed by atoms with Gasteiger partial charge in [0.1, 0.15) is 5.75 Å². The molecule has 1 aromatic heterocycles. The molecule has 21 heavy (non-hydrogen) atoms. The van der Waals surface area contributed by atoms with E-state index in [1.54, 1.807) is 12.1 Å². The van der Waals surface area contributed by atoms with Crippen LogP contribution in [0.1, 0.15) is 20.9 Å². The summed E-state index contributed by atoms with van der Waals surface area (Å²) < 4.78 is 38.1. The van der Waals surface area contributed by atoms with E-state index in [-0.39, 0.29) is 10.2 Å². The minimum absolute atomic E-state index is 0.188. The van der Waals surface area contributed by atoms with Gasteiger partial charge in [-0.2, -0.15) is 18.2 Å². The van der Waals surface area contributed by atoms with E-state index in [1.165, 1.54) is 0 Å². The first-order valence-corrected chi connectivity index (χ1v) is 7.61. The van der Waals surface area contributed by atoms with Gasteiger partial charge in [-0.15, -0.1) is 0 Å². The molecule has 0 amide bonds. The average Bonchev–Trinajstić information content (AvgIpc) is 2.75. The molecule has 1 atom stereocenters. The zero-order chi connectivity index (χ0) is 15.6. The van der Waals surface area contributed by atoms with Crippen molar-refractivity contribution in [2.45, 2.75) is 18.3 Å². The minimum atomic E-state index is -4.82. The zero-order valence-corrected chi connectivity index (χ0v) is 12.1. The second-order valence-corrected chi connectivity index (χ2v) is 6.74. The third-order valence-electron chi connectivity index (χ3n) is 2.76. The Morgan fingerprint density at radius 3 is 2.43 bits per heavy atom. The molecule has 0 aliphatic heterocycles. The zero-order valence-electron chi connectivity index (χ0n) is 10.5. The fraction of sp³-hybridized carbons (Fsp3) is 0.231. The van der Waals surface area contributed by atoms with Gasteiger partial charge in [0.15, 0.2) is 0 Å². The van der Waals surface area contributed by atoms with E-state index < -0.39 is 33.2 Å². The molecule has 0 radical (unpaired) electrons. The van der Waals surface area contributed by atoms with Gasteiger partial charge in [-0.25, -0.2) is 4.79 Å². The van der Waals surface area contributed by atoms with Crippen molar-refractivity contribution in [3.8, 4) is 0 Å². The molecule has 2 aromatic rings. The molecule has 0 aliphatic rings. The van der Waals surface area contributed by atoms with E-state index in [2.05, 4.69) is 4.98 Å². The van der Waals surface area contributed by atoms with Crippen molar-refractivity contribution in [3.63, 3.8) is 0 Å². The molecular weight excluding hydrogens is 327 g/mol. The molecule has 1 unspecified atom stereocenters. The predicted octanol–water partition coefficient (Wildman–Crippen LogP) is 4.44. The maximum Gasteiger partial charge on any atom is 0.439 e. The molecule has 1 aromatic carbocycles. The summed E-state index contributed by atoms with van der Waals surface area (Å²) in [6.07, 6.45) is -4.39. The molecule has 0 aliphatic carbocycles. The van der Waals surface area contributed by atoms with Gasteiger partial charge in [0.2, 0.25) is 5.69 Å². The number of alkyl halides is 3. The smallest absolute Gasteiger partial charge is 0.439 e. The summed E-state index contributed by atoms with van der Waals surface area (Å²) in [6.45, 7) is 0. The first-order chi connectivity index (χ1) is 9.80. The van der Waals surface area contributed by atoms with Crippen LogP contribution in [0.2, 0.25) is 4.47 Å². The Morgan fingerprint density at radius 1 is 1.29 bits per heavy atom. The van der Waals surface area contributed by atoms with E-state index in [1.807, 2.05) is 18.2 Å². The van der Waals surface area contributed by atoms with Crippen molar-refractivity contribution in [2.24, 2.45) is 0 Å². The second-order valence-electron chi connectivity index (χ2n) is 4.18. The number of nitrogens with zero attached hydrogens (tertiary/aromatic N) is 1. The Kier molecular flexibility index (Phi) is 4.53. The number of rotatable bonds is 4. The number of aromatic nitrogens is 1. The Balaban J connectivity index is 2.35. The lowest BCUT2D eigenvalue weighted by atomic mass is 10.2. The molecule has 8 heteroatoms. The van der Waals surface area contributed by atoms with Gasteiger partial charge >= 0.3 is 16.6 Å². The van der Waals surface area contributed by atoms with Gasteiger partial charge in [0.25, 0.3) is 4.88 Å². The van der Waals surface area contributed by atoms with Crippen molar-refractivity contribution in [1.29, 1.82) is 0 Å². The van der Waals surface area contributed by atoms with Gasteiger partial charge in [0, 0.05) is 16.9 Å². The van der Waals surface area contributed by atoms with E-state index in [0.717, 1.165) is 5.56 Å². The molecule has 0 saturated heterocycles. The van der Waals surface area contributed by atoms with E-state index >= 15 is 0 Å². The monoisotopic (exact) mass is 336 g/mol. The number of aryl methyl sites for hydroxylation is 1. The standard InChI is InChI=1S/C13H9ClF3NO2S/c14-12-18-10(13(15,16)17)9(11(19)20)21(12)7-6-8-4-2-1-3-5-8/h1-5H,6-7H2/p+1. The topological polar surface area (TPSA) is 50.2 Å². The van der Waals surface area contributed by atoms with Crippen molar-refractivity contribution in [1.82, 2.24) is 4.98 Å². The highest BCUT2D eigenvalue weighted by molar-refractivity contribution is 7.35. The van der Waals surface area contributed by atoms with Crippen LogP contribution in [0.4, 0.5) is 13.2 Å². The highest BCUT2D eigenvalue weighted by Gasteiger charge is 2.46. The first kappa shape index (κ1) is 15.8. The van der Waals surface area contributed by atoms with E-state index in [9.17, 15) is 18.0 Å². The van der Waals surface area contributed by atoms with Crippen LogP contribution in [0.5, 0.6) is 0 Å². The van der Waals surface area contributed by atoms with Crippen LogP contribution in [0.15, 0.2) is 30.3 Å². The fourth-order valence-corrected chi connectivity index (χ4v) is 4.18. The van der Waals surface area contributed by atoms with Crippen LogP contribution in [0, 0.1) is 0 Å². The fourth-order valence-electron chi connectivity index (χ4n) is 1.84. The molecule has 0 spiro atoms. The molecular formula is C13H10ClF3NO2S+. The Morgan fingerprint density at radius 2 is 1.90 bits per heavy atom. The number of hydrogen-bond acceptors (Lipinski definition) is 2. The summed E-state index contributed by atoms with van der Waals surface area (Å²) in [5, 5.41) is 9.05. The third kappa shape index (κ3) is 3.54. The van der Waals surface area contributed by atoms with Crippen molar-refractivity contribution in [3.05, 3.63) is 50.9 Å². The van der Waals surface area contributed by atoms with Crippen LogP contribution in [-0.2, 0) is 18.3 Å². The molecule has 0 fully saturated rings. The summed E-state index contributed by atoms with van der Waals surface area (Å²) >= 11 is 5.74. The highest BCUT2D eigenvalue weighted by Crippen LogP contribution is 2.43. The van der Waals surface area contributed by atoms with Gasteiger partial charge < -0.3 is 5.11 Å². The van der Waals surface area contributed by atoms with E-state index in [0.29, 0.717) is 6.42 Å². The summed E-state index contributed by atoms with van der Waals surface area (Å²) in [4.78, 5) is 13.6. The molecule has 1 N–H and O–H groups in total. The lowest BCUT2D eigenvalue weighted by Crippen LogP contribution is -2.12. The number of halogens is 4. The maximum absolute atomic E-state index is 12.8. The number of hydrogen-bond donors (Lipinski definition) is 1. The maximum atomic E-state index is 12.8. The lowest BCUT2D eigenvalue weighted by molar-refractivity contribution is -0.141. The molecule has 2 rings (SSSR count). The second kappa shape index (κ2) is 6.03. The quantitative estimate of drug-likeness (QED) is 0.839. The highest BCUT2D eigenvalue weighted by atomic mass is 35.5. The normalized spacial score (nSPS) is 12.5. The predicted molar refractivity (Wildman–Crippen MR) is 73.8 cm³/mol. The summed E-state index contributed by atoms with van der Waals surface area (Å²) in [5.41, 5.74) is -0.490. The van der Waals surface area contributed by atoms with Crippen LogP contribution in [0.3, 0.4) is 0 Å². The van der Waals surface area contributed by atoms with Crippen LogP contribution < -0.4 is 0 Å². The average molecular weight is 337 g/mol. The molecule has 112 valence electrons. The summed E-state index contributed by atoms with van der Waals surface area (Å²) in [6, 6.07) is 9.06. The third-order valence-corrected chi connectivity index (χ3v) is 5.38. The number of carbonyl (C=O) groups is 1. The molecule has 0 bridgehead atoms. The molecule has 3 nitrogen and oxygen atoms in total. The van der Waals surface area contributed by atoms with Crippen molar-refractivity contribution in [2.75, 3.05) is 0 Å². The number of carboxylic acids is 1.